The first kappa shape index (κ1) is 18.5. The summed E-state index contributed by atoms with van der Waals surface area (Å²) in [5.41, 5.74) is 1.74. The summed E-state index contributed by atoms with van der Waals surface area (Å²) < 4.78 is 26.6. The van der Waals surface area contributed by atoms with Crippen LogP contribution in [0, 0.1) is 0 Å². The van der Waals surface area contributed by atoms with Gasteiger partial charge in [0.05, 0.1) is 5.75 Å². The molecule has 0 radical (unpaired) electrons. The number of hydrogen-bond donors (Lipinski definition) is 1. The fourth-order valence-corrected chi connectivity index (χ4v) is 4.31. The van der Waals surface area contributed by atoms with Crippen LogP contribution in [0.3, 0.4) is 0 Å². The van der Waals surface area contributed by atoms with Crippen molar-refractivity contribution in [3.63, 3.8) is 0 Å². The van der Waals surface area contributed by atoms with Crippen LogP contribution in [0.15, 0.2) is 48.7 Å². The van der Waals surface area contributed by atoms with Gasteiger partial charge in [-0.1, -0.05) is 19.4 Å². The lowest BCUT2D eigenvalue weighted by molar-refractivity contribution is 0.598. The van der Waals surface area contributed by atoms with E-state index in [1.54, 1.807) is 0 Å². The second kappa shape index (κ2) is 8.40. The third kappa shape index (κ3) is 4.88. The third-order valence-corrected chi connectivity index (χ3v) is 5.90. The predicted octanol–water partition coefficient (Wildman–Crippen LogP) is 2.95. The fourth-order valence-electron chi connectivity index (χ4n) is 3.04. The second-order valence-electron chi connectivity index (χ2n) is 6.48. The zero-order valence-electron chi connectivity index (χ0n) is 15.1. The van der Waals surface area contributed by atoms with Crippen molar-refractivity contribution in [3.05, 3.63) is 48.7 Å². The predicted molar refractivity (Wildman–Crippen MR) is 107 cm³/mol. The van der Waals surface area contributed by atoms with Crippen molar-refractivity contribution in [1.82, 2.24) is 4.98 Å². The number of nitrogens with one attached hydrogen (secondary N) is 1. The number of piperazine rings is 1. The molecule has 1 aliphatic heterocycles. The number of benzene rings is 1. The Morgan fingerprint density at radius 3 is 2.31 bits per heavy atom. The number of sulfonamides is 1. The van der Waals surface area contributed by atoms with Crippen LogP contribution in [0.1, 0.15) is 19.8 Å². The molecular formula is C19H26N4O2S. The van der Waals surface area contributed by atoms with Gasteiger partial charge in [-0.15, -0.1) is 0 Å². The maximum Gasteiger partial charge on any atom is 0.232 e. The molecule has 1 aromatic heterocycles. The van der Waals surface area contributed by atoms with E-state index >= 15 is 0 Å². The number of unbranched alkanes of at least 4 members (excludes halogenated alkanes) is 1. The number of hydrogen-bond acceptors (Lipinski definition) is 5. The van der Waals surface area contributed by atoms with Crippen LogP contribution < -0.4 is 14.5 Å². The molecule has 0 aliphatic carbocycles. The first-order valence-corrected chi connectivity index (χ1v) is 10.7. The number of nitrogens with zero attached hydrogens (tertiary/aromatic N) is 3. The summed E-state index contributed by atoms with van der Waals surface area (Å²) in [5.74, 6) is 1.18. The molecule has 0 unspecified atom stereocenters. The van der Waals surface area contributed by atoms with Crippen LogP contribution in [0.4, 0.5) is 17.2 Å². The summed E-state index contributed by atoms with van der Waals surface area (Å²) in [6.45, 7) is 5.65. The Morgan fingerprint density at radius 2 is 1.69 bits per heavy atom. The van der Waals surface area contributed by atoms with Crippen LogP contribution >= 0.6 is 0 Å². The van der Waals surface area contributed by atoms with Gasteiger partial charge in [-0.05, 0) is 42.8 Å². The van der Waals surface area contributed by atoms with E-state index in [4.69, 9.17) is 0 Å². The van der Waals surface area contributed by atoms with Crippen molar-refractivity contribution in [3.8, 4) is 0 Å². The zero-order chi connectivity index (χ0) is 18.4. The molecule has 1 aromatic carbocycles. The Kier molecular flexibility index (Phi) is 5.98. The van der Waals surface area contributed by atoms with Gasteiger partial charge in [0.15, 0.2) is 0 Å². The molecule has 2 heterocycles. The summed E-state index contributed by atoms with van der Waals surface area (Å²) in [5, 5.41) is 0. The standard InChI is InChI=1S/C19H26N4O2S/c1-2-3-16-26(24,25)21-17-7-9-18(10-8-17)22-12-14-23(15-13-22)19-6-4-5-11-20-19/h4-11,21H,2-3,12-16H2,1H3. The van der Waals surface area contributed by atoms with E-state index in [-0.39, 0.29) is 5.75 Å². The lowest BCUT2D eigenvalue weighted by Crippen LogP contribution is -2.46. The summed E-state index contributed by atoms with van der Waals surface area (Å²) in [4.78, 5) is 9.01. The Morgan fingerprint density at radius 1 is 1.00 bits per heavy atom. The van der Waals surface area contributed by atoms with Gasteiger partial charge < -0.3 is 9.80 Å². The molecule has 1 fully saturated rings. The molecule has 3 rings (SSSR count). The molecule has 6 nitrogen and oxygen atoms in total. The van der Waals surface area contributed by atoms with Gasteiger partial charge in [0.25, 0.3) is 0 Å². The van der Waals surface area contributed by atoms with E-state index in [9.17, 15) is 8.42 Å². The summed E-state index contributed by atoms with van der Waals surface area (Å²) >= 11 is 0. The van der Waals surface area contributed by atoms with Crippen LogP contribution in [0.25, 0.3) is 0 Å². The van der Waals surface area contributed by atoms with Gasteiger partial charge >= 0.3 is 0 Å². The number of aromatic nitrogens is 1. The minimum atomic E-state index is -3.25. The lowest BCUT2D eigenvalue weighted by Gasteiger charge is -2.36. The average molecular weight is 375 g/mol. The molecule has 140 valence electrons. The minimum Gasteiger partial charge on any atom is -0.368 e. The monoisotopic (exact) mass is 374 g/mol. The molecule has 0 spiro atoms. The molecule has 0 amide bonds. The van der Waals surface area contributed by atoms with Crippen LogP contribution in [-0.2, 0) is 10.0 Å². The molecule has 7 heteroatoms. The average Bonchev–Trinajstić information content (AvgIpc) is 2.68. The summed E-state index contributed by atoms with van der Waals surface area (Å²) in [6, 6.07) is 13.6. The van der Waals surface area contributed by atoms with Crippen molar-refractivity contribution < 1.29 is 8.42 Å². The topological polar surface area (TPSA) is 65.5 Å². The zero-order valence-corrected chi connectivity index (χ0v) is 16.0. The van der Waals surface area contributed by atoms with E-state index in [1.807, 2.05) is 55.6 Å². The number of pyridine rings is 1. The van der Waals surface area contributed by atoms with Gasteiger partial charge in [-0.2, -0.15) is 0 Å². The quantitative estimate of drug-likeness (QED) is 0.807. The fraction of sp³-hybridized carbons (Fsp3) is 0.421. The van der Waals surface area contributed by atoms with Gasteiger partial charge in [-0.25, -0.2) is 13.4 Å². The van der Waals surface area contributed by atoms with Gasteiger partial charge in [0, 0.05) is 43.8 Å². The Hall–Kier alpha value is -2.28. The van der Waals surface area contributed by atoms with Gasteiger partial charge in [0.2, 0.25) is 10.0 Å². The van der Waals surface area contributed by atoms with Crippen molar-refractivity contribution in [2.45, 2.75) is 19.8 Å². The number of rotatable bonds is 7. The van der Waals surface area contributed by atoms with Crippen LogP contribution in [0.2, 0.25) is 0 Å². The Labute approximate surface area is 155 Å². The smallest absolute Gasteiger partial charge is 0.232 e. The normalized spacial score (nSPS) is 15.1. The van der Waals surface area contributed by atoms with E-state index in [1.165, 1.54) is 0 Å². The van der Waals surface area contributed by atoms with Crippen LogP contribution in [-0.4, -0.2) is 45.3 Å². The highest BCUT2D eigenvalue weighted by atomic mass is 32.2. The van der Waals surface area contributed by atoms with E-state index in [0.29, 0.717) is 12.1 Å². The first-order chi connectivity index (χ1) is 12.6. The molecule has 26 heavy (non-hydrogen) atoms. The largest absolute Gasteiger partial charge is 0.368 e. The van der Waals surface area contributed by atoms with Crippen molar-refractivity contribution in [2.24, 2.45) is 0 Å². The first-order valence-electron chi connectivity index (χ1n) is 9.09. The van der Waals surface area contributed by atoms with Crippen LogP contribution in [0.5, 0.6) is 0 Å². The molecule has 0 saturated carbocycles. The van der Waals surface area contributed by atoms with Crippen molar-refractivity contribution >= 4 is 27.2 Å². The highest BCUT2D eigenvalue weighted by Crippen LogP contribution is 2.21. The van der Waals surface area contributed by atoms with Gasteiger partial charge in [-0.3, -0.25) is 4.72 Å². The maximum absolute atomic E-state index is 12.0. The molecule has 1 N–H and O–H groups in total. The van der Waals surface area contributed by atoms with E-state index in [0.717, 1.165) is 44.1 Å². The maximum atomic E-state index is 12.0. The second-order valence-corrected chi connectivity index (χ2v) is 8.33. The molecule has 0 bridgehead atoms. The Balaban J connectivity index is 1.56. The summed E-state index contributed by atoms with van der Waals surface area (Å²) in [6.07, 6.45) is 3.36. The molecule has 1 saturated heterocycles. The molecule has 2 aromatic rings. The number of anilines is 3. The SMILES string of the molecule is CCCCS(=O)(=O)Nc1ccc(N2CCN(c3ccccn3)CC2)cc1. The van der Waals surface area contributed by atoms with E-state index in [2.05, 4.69) is 19.5 Å². The molecular weight excluding hydrogens is 348 g/mol. The van der Waals surface area contributed by atoms with Crippen molar-refractivity contribution in [2.75, 3.05) is 46.5 Å². The lowest BCUT2D eigenvalue weighted by atomic mass is 10.2. The summed E-state index contributed by atoms with van der Waals surface area (Å²) in [7, 11) is -3.25. The molecule has 1 aliphatic rings. The third-order valence-electron chi connectivity index (χ3n) is 4.53. The highest BCUT2D eigenvalue weighted by Gasteiger charge is 2.18. The minimum absolute atomic E-state index is 0.167. The highest BCUT2D eigenvalue weighted by molar-refractivity contribution is 7.92. The van der Waals surface area contributed by atoms with Crippen molar-refractivity contribution in [1.29, 1.82) is 0 Å². The molecule has 0 atom stereocenters. The Bertz CT molecular complexity index is 786. The van der Waals surface area contributed by atoms with Gasteiger partial charge in [0.1, 0.15) is 5.82 Å². The van der Waals surface area contributed by atoms with E-state index < -0.39 is 10.0 Å².